The van der Waals surface area contributed by atoms with E-state index in [4.69, 9.17) is 0 Å². The fraction of sp³-hybridized carbons (Fsp3) is 0.800. The van der Waals surface area contributed by atoms with Gasteiger partial charge in [0.15, 0.2) is 0 Å². The van der Waals surface area contributed by atoms with Crippen molar-refractivity contribution in [3.05, 3.63) is 18.7 Å². The average Bonchev–Trinajstić information content (AvgIpc) is 2.98. The van der Waals surface area contributed by atoms with E-state index in [2.05, 4.69) is 50.8 Å². The molecule has 0 bridgehead atoms. The van der Waals surface area contributed by atoms with Crippen LogP contribution in [0.25, 0.3) is 0 Å². The van der Waals surface area contributed by atoms with Gasteiger partial charge in [0.1, 0.15) is 12.4 Å². The Morgan fingerprint density at radius 1 is 1.09 bits per heavy atom. The molecule has 0 fully saturated rings. The molecule has 0 aliphatic carbocycles. The van der Waals surface area contributed by atoms with Crippen molar-refractivity contribution < 1.29 is 23.1 Å². The van der Waals surface area contributed by atoms with Crippen LogP contribution >= 0.6 is 7.82 Å². The molecule has 0 radical (unpaired) electrons. The predicted octanol–water partition coefficient (Wildman–Crippen LogP) is 2.90. The largest absolute Gasteiger partial charge is 0.756 e. The maximum atomic E-state index is 10.7. The standard InChI is InChI=1S/C9H17N2.C6H15O4P/c1-3-5-6-11-8-7-10(4-2)9-11;1-3-5-9-11(7,8)10-6-4-2/h7-9H,3-6H2,1-2H3;3-6H2,1-2H3,(H,7,8)/q+1;/p-1. The number of aromatic nitrogens is 2. The minimum atomic E-state index is -3.98. The van der Waals surface area contributed by atoms with Crippen LogP contribution in [0.15, 0.2) is 18.7 Å². The lowest BCUT2D eigenvalue weighted by molar-refractivity contribution is -0.696. The van der Waals surface area contributed by atoms with Crippen LogP contribution < -0.4 is 9.46 Å². The summed E-state index contributed by atoms with van der Waals surface area (Å²) in [5, 5.41) is 0. The van der Waals surface area contributed by atoms with Crippen molar-refractivity contribution in [2.24, 2.45) is 0 Å². The van der Waals surface area contributed by atoms with E-state index in [9.17, 15) is 9.46 Å². The van der Waals surface area contributed by atoms with Gasteiger partial charge < -0.3 is 13.9 Å². The van der Waals surface area contributed by atoms with Crippen molar-refractivity contribution in [2.75, 3.05) is 13.2 Å². The SMILES string of the molecule is CCCC[n+]1ccn(CC)c1.CCCOP(=O)([O-])OCCC. The molecule has 0 saturated carbocycles. The molecule has 0 atom stereocenters. The van der Waals surface area contributed by atoms with E-state index in [-0.39, 0.29) is 13.2 Å². The summed E-state index contributed by atoms with van der Waals surface area (Å²) in [4.78, 5) is 10.7. The third-order valence-electron chi connectivity index (χ3n) is 2.79. The Morgan fingerprint density at radius 2 is 1.68 bits per heavy atom. The topological polar surface area (TPSA) is 67.4 Å². The van der Waals surface area contributed by atoms with Crippen LogP contribution in [0.4, 0.5) is 0 Å². The van der Waals surface area contributed by atoms with Crippen LogP contribution in [0, 0.1) is 0 Å². The maximum Gasteiger partial charge on any atom is 0.267 e. The highest BCUT2D eigenvalue weighted by Gasteiger charge is 2.06. The number of imidazole rings is 1. The first-order valence-corrected chi connectivity index (χ1v) is 9.60. The third kappa shape index (κ3) is 11.0. The molecule has 22 heavy (non-hydrogen) atoms. The van der Waals surface area contributed by atoms with E-state index in [1.54, 1.807) is 0 Å². The van der Waals surface area contributed by atoms with Crippen LogP contribution in [0.5, 0.6) is 0 Å². The summed E-state index contributed by atoms with van der Waals surface area (Å²) in [5.74, 6) is 0. The van der Waals surface area contributed by atoms with Gasteiger partial charge in [0, 0.05) is 0 Å². The Bertz CT molecular complexity index is 411. The molecule has 0 aliphatic heterocycles. The number of hydrogen-bond acceptors (Lipinski definition) is 4. The van der Waals surface area contributed by atoms with Crippen molar-refractivity contribution >= 4 is 7.82 Å². The molecule has 6 nitrogen and oxygen atoms in total. The molecular weight excluding hydrogens is 303 g/mol. The van der Waals surface area contributed by atoms with Gasteiger partial charge in [-0.05, 0) is 26.2 Å². The van der Waals surface area contributed by atoms with E-state index in [0.717, 1.165) is 13.1 Å². The molecule has 0 saturated heterocycles. The molecule has 0 aliphatic rings. The summed E-state index contributed by atoms with van der Waals surface area (Å²) in [6, 6.07) is 0. The molecule has 0 N–H and O–H groups in total. The lowest BCUT2D eigenvalue weighted by atomic mass is 10.3. The average molecular weight is 334 g/mol. The van der Waals surface area contributed by atoms with Gasteiger partial charge in [-0.1, -0.05) is 27.2 Å². The highest BCUT2D eigenvalue weighted by Crippen LogP contribution is 2.38. The zero-order chi connectivity index (χ0) is 16.8. The number of nitrogens with zero attached hydrogens (tertiary/aromatic N) is 2. The first-order chi connectivity index (χ1) is 10.5. The Labute approximate surface area is 134 Å². The van der Waals surface area contributed by atoms with Gasteiger partial charge in [0.25, 0.3) is 7.82 Å². The summed E-state index contributed by atoms with van der Waals surface area (Å²) in [7, 11) is -3.98. The molecule has 1 aromatic heterocycles. The predicted molar refractivity (Wildman–Crippen MR) is 85.3 cm³/mol. The fourth-order valence-corrected chi connectivity index (χ4v) is 2.43. The van der Waals surface area contributed by atoms with Crippen molar-refractivity contribution in [1.82, 2.24) is 4.57 Å². The van der Waals surface area contributed by atoms with Gasteiger partial charge in [0.2, 0.25) is 6.33 Å². The number of hydrogen-bond donors (Lipinski definition) is 0. The number of phosphoric ester groups is 1. The summed E-state index contributed by atoms with van der Waals surface area (Å²) in [6.07, 6.45) is 10.3. The quantitative estimate of drug-likeness (QED) is 0.487. The number of phosphoric acid groups is 1. The molecule has 0 unspecified atom stereocenters. The lowest BCUT2D eigenvalue weighted by Gasteiger charge is -2.21. The number of rotatable bonds is 10. The molecular formula is C15H31N2O4P. The fourth-order valence-electron chi connectivity index (χ4n) is 1.54. The van der Waals surface area contributed by atoms with Crippen molar-refractivity contribution in [3.63, 3.8) is 0 Å². The van der Waals surface area contributed by atoms with Crippen LogP contribution in [0.2, 0.25) is 0 Å². The Hall–Kier alpha value is -0.680. The first-order valence-electron chi connectivity index (χ1n) is 8.13. The lowest BCUT2D eigenvalue weighted by Crippen LogP contribution is -2.30. The van der Waals surface area contributed by atoms with Gasteiger partial charge in [-0.25, -0.2) is 9.13 Å². The Balaban J connectivity index is 0.000000401. The zero-order valence-corrected chi connectivity index (χ0v) is 15.3. The molecule has 1 rings (SSSR count). The second kappa shape index (κ2) is 12.8. The number of unbranched alkanes of at least 4 members (excludes halogenated alkanes) is 1. The van der Waals surface area contributed by atoms with E-state index in [0.29, 0.717) is 12.8 Å². The van der Waals surface area contributed by atoms with E-state index >= 15 is 0 Å². The highest BCUT2D eigenvalue weighted by atomic mass is 31.2. The van der Waals surface area contributed by atoms with Gasteiger partial charge in [-0.2, -0.15) is 0 Å². The van der Waals surface area contributed by atoms with Crippen LogP contribution in [0.3, 0.4) is 0 Å². The van der Waals surface area contributed by atoms with E-state index in [1.165, 1.54) is 12.8 Å². The minimum Gasteiger partial charge on any atom is -0.756 e. The van der Waals surface area contributed by atoms with Crippen LogP contribution in [-0.2, 0) is 26.7 Å². The normalized spacial score (nSPS) is 11.1. The van der Waals surface area contributed by atoms with E-state index < -0.39 is 7.82 Å². The molecule has 130 valence electrons. The zero-order valence-electron chi connectivity index (χ0n) is 14.4. The summed E-state index contributed by atoms with van der Waals surface area (Å²) in [5.41, 5.74) is 0. The second-order valence-corrected chi connectivity index (χ2v) is 6.36. The molecule has 0 aromatic carbocycles. The van der Waals surface area contributed by atoms with Gasteiger partial charge in [0.05, 0.1) is 26.3 Å². The summed E-state index contributed by atoms with van der Waals surface area (Å²) in [6.45, 7) is 10.7. The van der Waals surface area contributed by atoms with Crippen molar-refractivity contribution in [1.29, 1.82) is 0 Å². The van der Waals surface area contributed by atoms with Crippen molar-refractivity contribution in [3.8, 4) is 0 Å². The summed E-state index contributed by atoms with van der Waals surface area (Å²) >= 11 is 0. The van der Waals surface area contributed by atoms with Gasteiger partial charge >= 0.3 is 0 Å². The second-order valence-electron chi connectivity index (χ2n) is 4.95. The minimum absolute atomic E-state index is 0.199. The molecule has 1 aromatic rings. The van der Waals surface area contributed by atoms with E-state index in [1.807, 2.05) is 13.8 Å². The molecule has 1 heterocycles. The smallest absolute Gasteiger partial charge is 0.267 e. The molecule has 0 amide bonds. The summed E-state index contributed by atoms with van der Waals surface area (Å²) < 4.78 is 24.1. The first kappa shape index (κ1) is 21.3. The maximum absolute atomic E-state index is 10.7. The van der Waals surface area contributed by atoms with Crippen molar-refractivity contribution in [2.45, 2.75) is 66.5 Å². The van der Waals surface area contributed by atoms with Crippen LogP contribution in [-0.4, -0.2) is 17.8 Å². The number of aryl methyl sites for hydroxylation is 2. The third-order valence-corrected chi connectivity index (χ3v) is 3.79. The Kier molecular flexibility index (Phi) is 12.4. The highest BCUT2D eigenvalue weighted by molar-refractivity contribution is 7.45. The van der Waals surface area contributed by atoms with Gasteiger partial charge in [-0.15, -0.1) is 0 Å². The van der Waals surface area contributed by atoms with Gasteiger partial charge in [-0.3, -0.25) is 4.57 Å². The monoisotopic (exact) mass is 334 g/mol. The Morgan fingerprint density at radius 3 is 2.09 bits per heavy atom. The molecule has 7 heteroatoms. The molecule has 0 spiro atoms. The van der Waals surface area contributed by atoms with Crippen LogP contribution in [0.1, 0.15) is 53.4 Å².